The van der Waals surface area contributed by atoms with Crippen LogP contribution in [0.5, 0.6) is 0 Å². The number of carbonyl (C=O) groups is 2. The van der Waals surface area contributed by atoms with E-state index in [-0.39, 0.29) is 6.42 Å². The molecule has 0 radical (unpaired) electrons. The van der Waals surface area contributed by atoms with Gasteiger partial charge in [0.05, 0.1) is 14.2 Å². The van der Waals surface area contributed by atoms with Gasteiger partial charge >= 0.3 is 11.9 Å². The Morgan fingerprint density at radius 3 is 1.87 bits per heavy atom. The monoisotopic (exact) mass is 216 g/mol. The minimum atomic E-state index is -2.25. The highest BCUT2D eigenvalue weighted by Crippen LogP contribution is 2.16. The van der Waals surface area contributed by atoms with Gasteiger partial charge in [-0.1, -0.05) is 11.6 Å². The van der Waals surface area contributed by atoms with Gasteiger partial charge in [0.2, 0.25) is 0 Å². The topological polar surface area (TPSA) is 72.8 Å². The molecule has 0 fully saturated rings. The second-order valence-electron chi connectivity index (χ2n) is 3.33. The van der Waals surface area contributed by atoms with Crippen LogP contribution in [0.15, 0.2) is 11.6 Å². The molecule has 0 spiro atoms. The SMILES string of the molecule is COC(=O)C(O)(CC=C(C)C)C(=O)OC. The lowest BCUT2D eigenvalue weighted by atomic mass is 9.99. The van der Waals surface area contributed by atoms with Crippen molar-refractivity contribution in [3.63, 3.8) is 0 Å². The number of methoxy groups -OCH3 is 2. The molecule has 1 N–H and O–H groups in total. The Labute approximate surface area is 88.7 Å². The van der Waals surface area contributed by atoms with E-state index in [0.717, 1.165) is 19.8 Å². The van der Waals surface area contributed by atoms with Gasteiger partial charge in [-0.15, -0.1) is 0 Å². The van der Waals surface area contributed by atoms with Gasteiger partial charge in [-0.2, -0.15) is 0 Å². The van der Waals surface area contributed by atoms with E-state index in [1.54, 1.807) is 19.9 Å². The maximum absolute atomic E-state index is 11.2. The zero-order valence-corrected chi connectivity index (χ0v) is 9.36. The molecule has 0 aliphatic rings. The number of allylic oxidation sites excluding steroid dienone is 1. The Morgan fingerprint density at radius 1 is 1.20 bits per heavy atom. The largest absolute Gasteiger partial charge is 0.466 e. The van der Waals surface area contributed by atoms with E-state index in [2.05, 4.69) is 9.47 Å². The van der Waals surface area contributed by atoms with Crippen LogP contribution in [0, 0.1) is 0 Å². The Balaban J connectivity index is 4.94. The second-order valence-corrected chi connectivity index (χ2v) is 3.33. The van der Waals surface area contributed by atoms with Gasteiger partial charge in [0.15, 0.2) is 0 Å². The molecule has 0 amide bonds. The number of carbonyl (C=O) groups excluding carboxylic acids is 2. The third-order valence-electron chi connectivity index (χ3n) is 1.85. The van der Waals surface area contributed by atoms with E-state index < -0.39 is 17.5 Å². The average Bonchev–Trinajstić information content (AvgIpc) is 2.23. The molecule has 0 aliphatic heterocycles. The Hall–Kier alpha value is -1.36. The van der Waals surface area contributed by atoms with Crippen molar-refractivity contribution in [1.82, 2.24) is 0 Å². The highest BCUT2D eigenvalue weighted by atomic mass is 16.6. The van der Waals surface area contributed by atoms with E-state index >= 15 is 0 Å². The van der Waals surface area contributed by atoms with Gasteiger partial charge in [-0.25, -0.2) is 9.59 Å². The van der Waals surface area contributed by atoms with Crippen molar-refractivity contribution in [2.24, 2.45) is 0 Å². The fourth-order valence-corrected chi connectivity index (χ4v) is 0.940. The molecule has 0 unspecified atom stereocenters. The van der Waals surface area contributed by atoms with Crippen molar-refractivity contribution >= 4 is 11.9 Å². The first kappa shape index (κ1) is 13.6. The smallest absolute Gasteiger partial charge is 0.350 e. The summed E-state index contributed by atoms with van der Waals surface area (Å²) in [5.74, 6) is -2.04. The lowest BCUT2D eigenvalue weighted by Crippen LogP contribution is -2.47. The minimum Gasteiger partial charge on any atom is -0.466 e. The number of hydrogen-bond acceptors (Lipinski definition) is 5. The zero-order chi connectivity index (χ0) is 12.1. The van der Waals surface area contributed by atoms with E-state index in [0.29, 0.717) is 0 Å². The summed E-state index contributed by atoms with van der Waals surface area (Å²) in [4.78, 5) is 22.5. The van der Waals surface area contributed by atoms with Crippen LogP contribution >= 0.6 is 0 Å². The van der Waals surface area contributed by atoms with Gasteiger partial charge < -0.3 is 14.6 Å². The fourth-order valence-electron chi connectivity index (χ4n) is 0.940. The van der Waals surface area contributed by atoms with Crippen LogP contribution in [0.4, 0.5) is 0 Å². The molecule has 0 aliphatic carbocycles. The third kappa shape index (κ3) is 3.36. The summed E-state index contributed by atoms with van der Waals surface area (Å²) in [5, 5.41) is 9.80. The van der Waals surface area contributed by atoms with Gasteiger partial charge in [-0.3, -0.25) is 0 Å². The predicted molar refractivity (Wildman–Crippen MR) is 53.0 cm³/mol. The average molecular weight is 216 g/mol. The first-order valence-electron chi connectivity index (χ1n) is 4.41. The Morgan fingerprint density at radius 2 is 1.60 bits per heavy atom. The van der Waals surface area contributed by atoms with Crippen molar-refractivity contribution in [2.75, 3.05) is 14.2 Å². The van der Waals surface area contributed by atoms with Crippen molar-refractivity contribution in [2.45, 2.75) is 25.9 Å². The van der Waals surface area contributed by atoms with Crippen LogP contribution in [0.2, 0.25) is 0 Å². The van der Waals surface area contributed by atoms with Crippen molar-refractivity contribution < 1.29 is 24.2 Å². The van der Waals surface area contributed by atoms with Gasteiger partial charge in [-0.05, 0) is 13.8 Å². The molecule has 0 heterocycles. The number of rotatable bonds is 4. The number of ether oxygens (including phenoxy) is 2. The third-order valence-corrected chi connectivity index (χ3v) is 1.85. The molecule has 0 saturated heterocycles. The Bertz CT molecular complexity index is 260. The molecule has 0 atom stereocenters. The van der Waals surface area contributed by atoms with E-state index in [9.17, 15) is 14.7 Å². The second kappa shape index (κ2) is 5.50. The normalized spacial score (nSPS) is 10.5. The molecular formula is C10H16O5. The van der Waals surface area contributed by atoms with Crippen LogP contribution in [-0.2, 0) is 19.1 Å². The van der Waals surface area contributed by atoms with E-state index in [1.807, 2.05) is 0 Å². The summed E-state index contributed by atoms with van der Waals surface area (Å²) in [6, 6.07) is 0. The first-order valence-corrected chi connectivity index (χ1v) is 4.41. The molecule has 0 saturated carbocycles. The summed E-state index contributed by atoms with van der Waals surface area (Å²) in [7, 11) is 2.19. The van der Waals surface area contributed by atoms with Crippen LogP contribution in [0.3, 0.4) is 0 Å². The van der Waals surface area contributed by atoms with Crippen molar-refractivity contribution in [3.8, 4) is 0 Å². The van der Waals surface area contributed by atoms with Crippen molar-refractivity contribution in [3.05, 3.63) is 11.6 Å². The molecule has 0 aromatic carbocycles. The van der Waals surface area contributed by atoms with Crippen molar-refractivity contribution in [1.29, 1.82) is 0 Å². The quantitative estimate of drug-likeness (QED) is 0.419. The summed E-state index contributed by atoms with van der Waals surface area (Å²) in [6.45, 7) is 3.57. The lowest BCUT2D eigenvalue weighted by molar-refractivity contribution is -0.179. The van der Waals surface area contributed by atoms with E-state index in [4.69, 9.17) is 0 Å². The highest BCUT2D eigenvalue weighted by molar-refractivity contribution is 6.03. The number of hydrogen-bond donors (Lipinski definition) is 1. The van der Waals surface area contributed by atoms with Gasteiger partial charge in [0.25, 0.3) is 5.60 Å². The molecule has 15 heavy (non-hydrogen) atoms. The summed E-state index contributed by atoms with van der Waals surface area (Å²) < 4.78 is 8.70. The molecule has 0 aromatic rings. The first-order chi connectivity index (χ1) is 6.88. The molecule has 86 valence electrons. The number of esters is 2. The molecule has 0 bridgehead atoms. The predicted octanol–water partition coefficient (Wildman–Crippen LogP) is 0.420. The highest BCUT2D eigenvalue weighted by Gasteiger charge is 2.45. The fraction of sp³-hybridized carbons (Fsp3) is 0.600. The number of aliphatic hydroxyl groups is 1. The Kier molecular flexibility index (Phi) is 5.00. The molecule has 5 nitrogen and oxygen atoms in total. The summed E-state index contributed by atoms with van der Waals surface area (Å²) in [6.07, 6.45) is 1.41. The minimum absolute atomic E-state index is 0.158. The molecule has 0 aromatic heterocycles. The molecule has 5 heteroatoms. The maximum atomic E-state index is 11.2. The van der Waals surface area contributed by atoms with Crippen LogP contribution in [-0.4, -0.2) is 36.9 Å². The maximum Gasteiger partial charge on any atom is 0.350 e. The van der Waals surface area contributed by atoms with Crippen LogP contribution < -0.4 is 0 Å². The lowest BCUT2D eigenvalue weighted by Gasteiger charge is -2.20. The molecular weight excluding hydrogens is 200 g/mol. The van der Waals surface area contributed by atoms with E-state index in [1.165, 1.54) is 0 Å². The van der Waals surface area contributed by atoms with Crippen LogP contribution in [0.25, 0.3) is 0 Å². The zero-order valence-electron chi connectivity index (χ0n) is 9.36. The van der Waals surface area contributed by atoms with Gasteiger partial charge in [0, 0.05) is 6.42 Å². The molecule has 0 rings (SSSR count). The summed E-state index contributed by atoms with van der Waals surface area (Å²) >= 11 is 0. The van der Waals surface area contributed by atoms with Gasteiger partial charge in [0.1, 0.15) is 0 Å². The standard InChI is InChI=1S/C10H16O5/c1-7(2)5-6-10(13,8(11)14-3)9(12)15-4/h5,13H,6H2,1-4H3. The van der Waals surface area contributed by atoms with Crippen LogP contribution in [0.1, 0.15) is 20.3 Å². The summed E-state index contributed by atoms with van der Waals surface area (Å²) in [5.41, 5.74) is -1.37.